The molecule has 86 valence electrons. The standard InChI is InChI=1S/C14H14N2O/c1-9-4-6-12(7-5-9)14(17)13-8-10(2)15-16-11(13)3/h4-8H,1-3H3. The van der Waals surface area contributed by atoms with E-state index in [1.807, 2.05) is 38.1 Å². The van der Waals surface area contributed by atoms with Gasteiger partial charge in [0, 0.05) is 11.1 Å². The monoisotopic (exact) mass is 226 g/mol. The van der Waals surface area contributed by atoms with Crippen LogP contribution in [0.15, 0.2) is 30.3 Å². The lowest BCUT2D eigenvalue weighted by Gasteiger charge is -2.05. The Morgan fingerprint density at radius 3 is 2.29 bits per heavy atom. The zero-order valence-electron chi connectivity index (χ0n) is 10.2. The van der Waals surface area contributed by atoms with E-state index in [4.69, 9.17) is 0 Å². The Kier molecular flexibility index (Phi) is 3.00. The van der Waals surface area contributed by atoms with Crippen molar-refractivity contribution in [1.29, 1.82) is 0 Å². The van der Waals surface area contributed by atoms with Crippen molar-refractivity contribution >= 4 is 5.78 Å². The smallest absolute Gasteiger partial charge is 0.194 e. The summed E-state index contributed by atoms with van der Waals surface area (Å²) in [5.41, 5.74) is 3.88. The van der Waals surface area contributed by atoms with Crippen molar-refractivity contribution in [3.8, 4) is 0 Å². The highest BCUT2D eigenvalue weighted by Gasteiger charge is 2.13. The van der Waals surface area contributed by atoms with Gasteiger partial charge in [0.05, 0.1) is 11.4 Å². The molecular formula is C14H14N2O. The number of carbonyl (C=O) groups excluding carboxylic acids is 1. The lowest BCUT2D eigenvalue weighted by Crippen LogP contribution is -2.07. The Hall–Kier alpha value is -2.03. The van der Waals surface area contributed by atoms with Crippen LogP contribution in [0.1, 0.15) is 32.9 Å². The second-order valence-corrected chi connectivity index (χ2v) is 4.18. The number of hydrogen-bond donors (Lipinski definition) is 0. The first-order valence-electron chi connectivity index (χ1n) is 5.50. The summed E-state index contributed by atoms with van der Waals surface area (Å²) in [5.74, 6) is 0.000463. The molecule has 17 heavy (non-hydrogen) atoms. The molecule has 3 nitrogen and oxygen atoms in total. The van der Waals surface area contributed by atoms with E-state index in [0.717, 1.165) is 11.3 Å². The molecule has 0 atom stereocenters. The van der Waals surface area contributed by atoms with E-state index >= 15 is 0 Å². The van der Waals surface area contributed by atoms with Crippen molar-refractivity contribution in [3.63, 3.8) is 0 Å². The Morgan fingerprint density at radius 2 is 1.65 bits per heavy atom. The van der Waals surface area contributed by atoms with E-state index in [-0.39, 0.29) is 5.78 Å². The fraction of sp³-hybridized carbons (Fsp3) is 0.214. The summed E-state index contributed by atoms with van der Waals surface area (Å²) >= 11 is 0. The van der Waals surface area contributed by atoms with Crippen LogP contribution in [0.3, 0.4) is 0 Å². The first-order chi connectivity index (χ1) is 8.08. The van der Waals surface area contributed by atoms with Crippen LogP contribution < -0.4 is 0 Å². The van der Waals surface area contributed by atoms with Gasteiger partial charge >= 0.3 is 0 Å². The number of aryl methyl sites for hydroxylation is 3. The van der Waals surface area contributed by atoms with E-state index in [1.165, 1.54) is 0 Å². The lowest BCUT2D eigenvalue weighted by molar-refractivity contribution is 0.103. The minimum atomic E-state index is 0.000463. The van der Waals surface area contributed by atoms with Crippen LogP contribution in [0.25, 0.3) is 0 Å². The topological polar surface area (TPSA) is 42.9 Å². The zero-order chi connectivity index (χ0) is 12.4. The largest absolute Gasteiger partial charge is 0.289 e. The van der Waals surface area contributed by atoms with Crippen molar-refractivity contribution in [3.05, 3.63) is 58.4 Å². The third-order valence-corrected chi connectivity index (χ3v) is 2.66. The predicted octanol–water partition coefficient (Wildman–Crippen LogP) is 2.63. The average Bonchev–Trinajstić information content (AvgIpc) is 2.32. The fourth-order valence-corrected chi connectivity index (χ4v) is 1.64. The van der Waals surface area contributed by atoms with Crippen molar-refractivity contribution in [2.75, 3.05) is 0 Å². The highest BCUT2D eigenvalue weighted by Crippen LogP contribution is 2.13. The zero-order valence-corrected chi connectivity index (χ0v) is 10.2. The molecule has 0 saturated carbocycles. The highest BCUT2D eigenvalue weighted by atomic mass is 16.1. The molecule has 0 spiro atoms. The molecule has 0 amide bonds. The second kappa shape index (κ2) is 4.45. The molecule has 3 heteroatoms. The Balaban J connectivity index is 2.43. The second-order valence-electron chi connectivity index (χ2n) is 4.18. The Bertz CT molecular complexity index is 559. The summed E-state index contributed by atoms with van der Waals surface area (Å²) in [6.45, 7) is 5.63. The molecule has 0 N–H and O–H groups in total. The van der Waals surface area contributed by atoms with Gasteiger partial charge in [0.25, 0.3) is 0 Å². The summed E-state index contributed by atoms with van der Waals surface area (Å²) in [4.78, 5) is 12.3. The molecule has 0 aliphatic rings. The number of benzene rings is 1. The van der Waals surface area contributed by atoms with E-state index < -0.39 is 0 Å². The van der Waals surface area contributed by atoms with Crippen LogP contribution in [-0.2, 0) is 0 Å². The summed E-state index contributed by atoms with van der Waals surface area (Å²) < 4.78 is 0. The van der Waals surface area contributed by atoms with Gasteiger partial charge in [0.15, 0.2) is 5.78 Å². The Labute approximate surface area is 101 Å². The molecule has 1 aromatic carbocycles. The van der Waals surface area contributed by atoms with Gasteiger partial charge < -0.3 is 0 Å². The summed E-state index contributed by atoms with van der Waals surface area (Å²) in [6.07, 6.45) is 0. The molecule has 0 bridgehead atoms. The fourth-order valence-electron chi connectivity index (χ4n) is 1.64. The van der Waals surface area contributed by atoms with Gasteiger partial charge in [0.1, 0.15) is 0 Å². The summed E-state index contributed by atoms with van der Waals surface area (Å²) in [5, 5.41) is 7.90. The molecular weight excluding hydrogens is 212 g/mol. The van der Waals surface area contributed by atoms with Crippen molar-refractivity contribution < 1.29 is 4.79 Å². The molecule has 2 aromatic rings. The Morgan fingerprint density at radius 1 is 1.00 bits per heavy atom. The van der Waals surface area contributed by atoms with Crippen LogP contribution in [0.2, 0.25) is 0 Å². The minimum Gasteiger partial charge on any atom is -0.289 e. The van der Waals surface area contributed by atoms with E-state index in [2.05, 4.69) is 10.2 Å². The van der Waals surface area contributed by atoms with Crippen molar-refractivity contribution in [1.82, 2.24) is 10.2 Å². The number of ketones is 1. The number of carbonyl (C=O) groups is 1. The summed E-state index contributed by atoms with van der Waals surface area (Å²) in [7, 11) is 0. The molecule has 0 fully saturated rings. The van der Waals surface area contributed by atoms with Crippen molar-refractivity contribution in [2.24, 2.45) is 0 Å². The maximum Gasteiger partial charge on any atom is 0.194 e. The molecule has 0 unspecified atom stereocenters. The minimum absolute atomic E-state index is 0.000463. The van der Waals surface area contributed by atoms with Gasteiger partial charge in [-0.2, -0.15) is 10.2 Å². The quantitative estimate of drug-likeness (QED) is 0.739. The molecule has 0 saturated heterocycles. The van der Waals surface area contributed by atoms with Crippen LogP contribution in [0, 0.1) is 20.8 Å². The number of aromatic nitrogens is 2. The van der Waals surface area contributed by atoms with Gasteiger partial charge in [-0.05, 0) is 26.8 Å². The number of hydrogen-bond acceptors (Lipinski definition) is 3. The van der Waals surface area contributed by atoms with Gasteiger partial charge in [-0.1, -0.05) is 29.8 Å². The average molecular weight is 226 g/mol. The van der Waals surface area contributed by atoms with E-state index in [1.54, 1.807) is 13.0 Å². The van der Waals surface area contributed by atoms with Crippen molar-refractivity contribution in [2.45, 2.75) is 20.8 Å². The third kappa shape index (κ3) is 2.38. The summed E-state index contributed by atoms with van der Waals surface area (Å²) in [6, 6.07) is 9.33. The highest BCUT2D eigenvalue weighted by molar-refractivity contribution is 6.09. The van der Waals surface area contributed by atoms with E-state index in [0.29, 0.717) is 16.8 Å². The number of nitrogens with zero attached hydrogens (tertiary/aromatic N) is 2. The van der Waals surface area contributed by atoms with Crippen LogP contribution >= 0.6 is 0 Å². The van der Waals surface area contributed by atoms with E-state index in [9.17, 15) is 4.79 Å². The maximum absolute atomic E-state index is 12.3. The van der Waals surface area contributed by atoms with Gasteiger partial charge in [0.2, 0.25) is 0 Å². The van der Waals surface area contributed by atoms with Crippen LogP contribution in [-0.4, -0.2) is 16.0 Å². The molecule has 0 aliphatic carbocycles. The van der Waals surface area contributed by atoms with Gasteiger partial charge in [-0.25, -0.2) is 0 Å². The number of rotatable bonds is 2. The molecule has 2 rings (SSSR count). The van der Waals surface area contributed by atoms with Gasteiger partial charge in [-0.15, -0.1) is 0 Å². The molecule has 0 aliphatic heterocycles. The first kappa shape index (κ1) is 11.5. The maximum atomic E-state index is 12.3. The molecule has 0 radical (unpaired) electrons. The van der Waals surface area contributed by atoms with Crippen LogP contribution in [0.4, 0.5) is 0 Å². The molecule has 1 aromatic heterocycles. The van der Waals surface area contributed by atoms with Crippen LogP contribution in [0.5, 0.6) is 0 Å². The normalized spacial score (nSPS) is 10.3. The van der Waals surface area contributed by atoms with Gasteiger partial charge in [-0.3, -0.25) is 4.79 Å². The lowest BCUT2D eigenvalue weighted by atomic mass is 10.0. The first-order valence-corrected chi connectivity index (χ1v) is 5.50. The predicted molar refractivity (Wildman–Crippen MR) is 66.1 cm³/mol. The SMILES string of the molecule is Cc1ccc(C(=O)c2cc(C)nnc2C)cc1. The molecule has 1 heterocycles. The third-order valence-electron chi connectivity index (χ3n) is 2.66.